The molecule has 10 heteroatoms. The number of methoxy groups -OCH3 is 2. The summed E-state index contributed by atoms with van der Waals surface area (Å²) in [5.74, 6) is 0.233. The Morgan fingerprint density at radius 3 is 2.50 bits per heavy atom. The van der Waals surface area contributed by atoms with E-state index in [0.29, 0.717) is 44.5 Å². The molecule has 0 unspecified atom stereocenters. The van der Waals surface area contributed by atoms with Crippen molar-refractivity contribution in [3.05, 3.63) is 115 Å². The average Bonchev–Trinajstić information content (AvgIpc) is 3.46. The summed E-state index contributed by atoms with van der Waals surface area (Å²) in [5.41, 5.74) is 3.06. The van der Waals surface area contributed by atoms with E-state index in [4.69, 9.17) is 9.47 Å². The van der Waals surface area contributed by atoms with Crippen molar-refractivity contribution >= 4 is 40.1 Å². The number of nitrogens with one attached hydrogen (secondary N) is 2. The number of benzene rings is 3. The standard InChI is InChI=1S/C30H24N4O5S/c1-16-23(27(35)32-17-9-5-4-6-10-17)25(20-14-13-18(38-2)15-22(20)39-3)34-29(37)26(40-30(34)31-16)24-19-11-7-8-12-21(19)33-28(24)36/h4-15,25H,1-3H3,(H,32,35)(H,33,36)/t25-/m1/s1. The summed E-state index contributed by atoms with van der Waals surface area (Å²) in [4.78, 5) is 46.1. The largest absolute Gasteiger partial charge is 0.497 e. The Morgan fingerprint density at radius 1 is 1.00 bits per heavy atom. The molecule has 2 amide bonds. The molecule has 200 valence electrons. The van der Waals surface area contributed by atoms with E-state index in [1.165, 1.54) is 11.7 Å². The minimum absolute atomic E-state index is 0.246. The first-order chi connectivity index (χ1) is 19.4. The van der Waals surface area contributed by atoms with Gasteiger partial charge in [-0.05, 0) is 37.3 Å². The third-order valence-corrected chi connectivity index (χ3v) is 7.96. The molecule has 0 bridgehead atoms. The van der Waals surface area contributed by atoms with Gasteiger partial charge in [0.2, 0.25) is 0 Å². The highest BCUT2D eigenvalue weighted by Crippen LogP contribution is 2.38. The monoisotopic (exact) mass is 552 g/mol. The Kier molecular flexibility index (Phi) is 6.31. The van der Waals surface area contributed by atoms with Crippen LogP contribution in [0.4, 0.5) is 11.4 Å². The van der Waals surface area contributed by atoms with Crippen molar-refractivity contribution in [2.75, 3.05) is 24.9 Å². The molecule has 0 fully saturated rings. The summed E-state index contributed by atoms with van der Waals surface area (Å²) in [7, 11) is 3.07. The fraction of sp³-hybridized carbons (Fsp3) is 0.133. The predicted molar refractivity (Wildman–Crippen MR) is 152 cm³/mol. The number of hydrogen-bond acceptors (Lipinski definition) is 7. The van der Waals surface area contributed by atoms with Gasteiger partial charge in [0, 0.05) is 28.6 Å². The lowest BCUT2D eigenvalue weighted by Gasteiger charge is -2.26. The molecular formula is C30H24N4O5S. The SMILES string of the molecule is COc1ccc([C@@H]2C(C(=O)Nc3ccccc3)=C(C)N=c3sc(=C4C(=O)Nc5ccccc54)c(=O)n32)c(OC)c1. The maximum atomic E-state index is 14.2. The minimum Gasteiger partial charge on any atom is -0.497 e. The van der Waals surface area contributed by atoms with Gasteiger partial charge < -0.3 is 20.1 Å². The van der Waals surface area contributed by atoms with Gasteiger partial charge >= 0.3 is 0 Å². The second kappa shape index (κ2) is 9.97. The fourth-order valence-corrected chi connectivity index (χ4v) is 6.21. The third-order valence-electron chi connectivity index (χ3n) is 6.91. The molecule has 3 heterocycles. The van der Waals surface area contributed by atoms with Gasteiger partial charge in [0.1, 0.15) is 22.1 Å². The quantitative estimate of drug-likeness (QED) is 0.395. The van der Waals surface area contributed by atoms with E-state index >= 15 is 0 Å². The molecule has 4 aromatic rings. The van der Waals surface area contributed by atoms with Crippen LogP contribution in [-0.4, -0.2) is 30.6 Å². The summed E-state index contributed by atoms with van der Waals surface area (Å²) in [6.45, 7) is 1.74. The highest BCUT2D eigenvalue weighted by Gasteiger charge is 2.36. The zero-order valence-corrected chi connectivity index (χ0v) is 22.7. The summed E-state index contributed by atoms with van der Waals surface area (Å²) in [6.07, 6.45) is 0. The molecule has 0 saturated carbocycles. The number of carbonyl (C=O) groups is 2. The normalized spacial score (nSPS) is 17.0. The molecule has 2 aliphatic rings. The van der Waals surface area contributed by atoms with Crippen LogP contribution in [0.2, 0.25) is 0 Å². The summed E-state index contributed by atoms with van der Waals surface area (Å²) in [6, 6.07) is 20.6. The number of thiazole rings is 1. The van der Waals surface area contributed by atoms with E-state index < -0.39 is 17.5 Å². The first-order valence-corrected chi connectivity index (χ1v) is 13.3. The predicted octanol–water partition coefficient (Wildman–Crippen LogP) is 3.21. The van der Waals surface area contributed by atoms with Crippen LogP contribution >= 0.6 is 11.3 Å². The van der Waals surface area contributed by atoms with E-state index in [-0.39, 0.29) is 21.6 Å². The van der Waals surface area contributed by atoms with Crippen LogP contribution in [0.5, 0.6) is 11.5 Å². The first-order valence-electron chi connectivity index (χ1n) is 12.5. The van der Waals surface area contributed by atoms with E-state index in [9.17, 15) is 14.4 Å². The summed E-state index contributed by atoms with van der Waals surface area (Å²) >= 11 is 1.12. The van der Waals surface area contributed by atoms with E-state index in [2.05, 4.69) is 15.6 Å². The molecular weight excluding hydrogens is 528 g/mol. The number of aromatic nitrogens is 1. The fourth-order valence-electron chi connectivity index (χ4n) is 5.06. The van der Waals surface area contributed by atoms with E-state index in [1.807, 2.05) is 30.3 Å². The van der Waals surface area contributed by atoms with Crippen molar-refractivity contribution in [3.8, 4) is 11.5 Å². The van der Waals surface area contributed by atoms with Crippen molar-refractivity contribution < 1.29 is 19.1 Å². The molecule has 40 heavy (non-hydrogen) atoms. The molecule has 2 N–H and O–H groups in total. The zero-order valence-electron chi connectivity index (χ0n) is 21.8. The topological polar surface area (TPSA) is 111 Å². The van der Waals surface area contributed by atoms with Gasteiger partial charge in [0.05, 0.1) is 31.1 Å². The van der Waals surface area contributed by atoms with Gasteiger partial charge in [-0.3, -0.25) is 19.0 Å². The summed E-state index contributed by atoms with van der Waals surface area (Å²) < 4.78 is 12.8. The molecule has 9 nitrogen and oxygen atoms in total. The number of ether oxygens (including phenoxy) is 2. The number of para-hydroxylation sites is 2. The lowest BCUT2D eigenvalue weighted by atomic mass is 9.94. The van der Waals surface area contributed by atoms with Gasteiger partial charge in [-0.2, -0.15) is 0 Å². The Labute approximate surface area is 232 Å². The van der Waals surface area contributed by atoms with Gasteiger partial charge in [-0.15, -0.1) is 0 Å². The maximum Gasteiger partial charge on any atom is 0.271 e. The van der Waals surface area contributed by atoms with E-state index in [0.717, 1.165) is 11.3 Å². The zero-order chi connectivity index (χ0) is 28.0. The van der Waals surface area contributed by atoms with Crippen molar-refractivity contribution in [1.82, 2.24) is 4.57 Å². The van der Waals surface area contributed by atoms with Crippen molar-refractivity contribution in [3.63, 3.8) is 0 Å². The van der Waals surface area contributed by atoms with Gasteiger partial charge in [-0.1, -0.05) is 47.7 Å². The molecule has 0 radical (unpaired) electrons. The second-order valence-electron chi connectivity index (χ2n) is 9.21. The minimum atomic E-state index is -0.880. The van der Waals surface area contributed by atoms with Crippen LogP contribution in [0.1, 0.15) is 24.1 Å². The van der Waals surface area contributed by atoms with Gasteiger partial charge in [0.15, 0.2) is 4.80 Å². The highest BCUT2D eigenvalue weighted by molar-refractivity contribution is 7.07. The van der Waals surface area contributed by atoms with Crippen molar-refractivity contribution in [2.24, 2.45) is 4.99 Å². The second-order valence-corrected chi connectivity index (χ2v) is 10.2. The third kappa shape index (κ3) is 4.09. The molecule has 6 rings (SSSR count). The Balaban J connectivity index is 1.61. The molecule has 2 aliphatic heterocycles. The van der Waals surface area contributed by atoms with Crippen LogP contribution in [0, 0.1) is 0 Å². The van der Waals surface area contributed by atoms with Crippen LogP contribution in [-0.2, 0) is 9.59 Å². The number of nitrogens with zero attached hydrogens (tertiary/aromatic N) is 2. The smallest absolute Gasteiger partial charge is 0.271 e. The summed E-state index contributed by atoms with van der Waals surface area (Å²) in [5, 5.41) is 5.76. The maximum absolute atomic E-state index is 14.2. The van der Waals surface area contributed by atoms with Gasteiger partial charge in [0.25, 0.3) is 17.4 Å². The average molecular weight is 553 g/mol. The van der Waals surface area contributed by atoms with E-state index in [1.54, 1.807) is 56.5 Å². The van der Waals surface area contributed by atoms with Crippen LogP contribution in [0.15, 0.2) is 93.9 Å². The number of amides is 2. The molecule has 1 aromatic heterocycles. The van der Waals surface area contributed by atoms with Crippen LogP contribution in [0.3, 0.4) is 0 Å². The molecule has 3 aromatic carbocycles. The number of rotatable bonds is 5. The van der Waals surface area contributed by atoms with Crippen molar-refractivity contribution in [1.29, 1.82) is 0 Å². The van der Waals surface area contributed by atoms with Crippen molar-refractivity contribution in [2.45, 2.75) is 13.0 Å². The number of allylic oxidation sites excluding steroid dienone is 1. The number of hydrogen-bond donors (Lipinski definition) is 2. The Hall–Kier alpha value is -4.96. The molecule has 1 atom stereocenters. The molecule has 0 aliphatic carbocycles. The molecule has 0 saturated heterocycles. The number of fused-ring (bicyclic) bond motifs is 2. The first kappa shape index (κ1) is 25.3. The van der Waals surface area contributed by atoms with Gasteiger partial charge in [-0.25, -0.2) is 4.99 Å². The number of carbonyl (C=O) groups excluding carboxylic acids is 2. The Morgan fingerprint density at radius 2 is 1.75 bits per heavy atom. The highest BCUT2D eigenvalue weighted by atomic mass is 32.1. The Bertz CT molecular complexity index is 1910. The molecule has 0 spiro atoms. The number of anilines is 2. The lowest BCUT2D eigenvalue weighted by Crippen LogP contribution is -2.41. The van der Waals surface area contributed by atoms with Crippen LogP contribution in [0.25, 0.3) is 5.57 Å². The lowest BCUT2D eigenvalue weighted by molar-refractivity contribution is -0.113. The van der Waals surface area contributed by atoms with Crippen LogP contribution < -0.4 is 35.0 Å².